The summed E-state index contributed by atoms with van der Waals surface area (Å²) in [6, 6.07) is 12.3. The van der Waals surface area contributed by atoms with Gasteiger partial charge in [-0.3, -0.25) is 0 Å². The zero-order valence-corrected chi connectivity index (χ0v) is 18.8. The van der Waals surface area contributed by atoms with Crippen LogP contribution in [-0.2, 0) is 30.3 Å². The Bertz CT molecular complexity index is 1120. The molecule has 1 unspecified atom stereocenters. The number of carbonyl (C=O) groups is 2. The van der Waals surface area contributed by atoms with E-state index in [1.54, 1.807) is 11.0 Å². The minimum atomic E-state index is -5.62. The third-order valence-electron chi connectivity index (χ3n) is 5.35. The van der Waals surface area contributed by atoms with Gasteiger partial charge >= 0.3 is 30.3 Å². The van der Waals surface area contributed by atoms with Crippen LogP contribution in [0.4, 0.5) is 32.2 Å². The van der Waals surface area contributed by atoms with Crippen molar-refractivity contribution in [2.75, 3.05) is 31.1 Å². The van der Waals surface area contributed by atoms with Gasteiger partial charge in [-0.15, -0.1) is 0 Å². The first-order valence-corrected chi connectivity index (χ1v) is 10.8. The van der Waals surface area contributed by atoms with E-state index < -0.39 is 42.7 Å². The first kappa shape index (κ1) is 26.5. The third kappa shape index (κ3) is 6.22. The molecule has 0 aliphatic carbocycles. The number of hydrogen-bond acceptors (Lipinski definition) is 9. The molecule has 0 bridgehead atoms. The second kappa shape index (κ2) is 10.0. The van der Waals surface area contributed by atoms with E-state index in [9.17, 15) is 35.9 Å². The maximum atomic E-state index is 12.9. The summed E-state index contributed by atoms with van der Waals surface area (Å²) in [4.78, 5) is 29.0. The zero-order valence-electron chi connectivity index (χ0n) is 18.8. The van der Waals surface area contributed by atoms with E-state index >= 15 is 0 Å². The minimum Gasteiger partial charge on any atom is -0.401 e. The Morgan fingerprint density at radius 3 is 2.27 bits per heavy atom. The lowest BCUT2D eigenvalue weighted by Crippen LogP contribution is -2.55. The number of aromatic nitrogens is 1. The summed E-state index contributed by atoms with van der Waals surface area (Å²) in [7, 11) is 0. The highest BCUT2D eigenvalue weighted by Crippen LogP contribution is 2.33. The van der Waals surface area contributed by atoms with Gasteiger partial charge in [-0.2, -0.15) is 31.3 Å². The highest BCUT2D eigenvalue weighted by Gasteiger charge is 2.55. The van der Waals surface area contributed by atoms with Crippen molar-refractivity contribution in [2.24, 2.45) is 0 Å². The molecule has 0 radical (unpaired) electrons. The van der Waals surface area contributed by atoms with Gasteiger partial charge < -0.3 is 29.2 Å². The van der Waals surface area contributed by atoms with Crippen molar-refractivity contribution in [3.05, 3.63) is 53.6 Å². The molecule has 1 aromatic carbocycles. The zero-order chi connectivity index (χ0) is 26.8. The van der Waals surface area contributed by atoms with Crippen LogP contribution in [-0.4, -0.2) is 61.5 Å². The van der Waals surface area contributed by atoms with Crippen LogP contribution >= 0.6 is 0 Å². The van der Waals surface area contributed by atoms with Crippen molar-refractivity contribution < 1.29 is 54.9 Å². The maximum Gasteiger partial charge on any atom is 0.491 e. The largest absolute Gasteiger partial charge is 0.491 e. The van der Waals surface area contributed by atoms with Gasteiger partial charge in [0.15, 0.2) is 0 Å². The Labute approximate surface area is 205 Å². The van der Waals surface area contributed by atoms with Gasteiger partial charge in [0, 0.05) is 25.2 Å². The molecule has 2 aliphatic heterocycles. The van der Waals surface area contributed by atoms with E-state index in [0.29, 0.717) is 19.7 Å². The molecule has 4 rings (SSSR count). The Balaban J connectivity index is 1.63. The second-order valence-electron chi connectivity index (χ2n) is 8.01. The van der Waals surface area contributed by atoms with Gasteiger partial charge in [0.25, 0.3) is 0 Å². The fraction of sp³-hybridized carbons (Fsp3) is 0.409. The van der Waals surface area contributed by atoms with E-state index in [-0.39, 0.29) is 24.0 Å². The van der Waals surface area contributed by atoms with E-state index in [0.717, 1.165) is 5.56 Å². The van der Waals surface area contributed by atoms with Gasteiger partial charge in [-0.1, -0.05) is 30.3 Å². The molecule has 1 aromatic heterocycles. The lowest BCUT2D eigenvalue weighted by atomic mass is 10.1. The molecule has 1 N–H and O–H groups in total. The molecule has 15 heteroatoms. The summed E-state index contributed by atoms with van der Waals surface area (Å²) in [5.74, 6) is -9.53. The molecule has 1 atom stereocenters. The number of nitrogens with zero attached hydrogens (tertiary/aromatic N) is 2. The fourth-order valence-electron chi connectivity index (χ4n) is 3.65. The van der Waals surface area contributed by atoms with Crippen molar-refractivity contribution in [3.8, 4) is 5.88 Å². The summed E-state index contributed by atoms with van der Waals surface area (Å²) in [6.07, 6.45) is -11.6. The average Bonchev–Trinajstić information content (AvgIpc) is 3.02. The summed E-state index contributed by atoms with van der Waals surface area (Å²) >= 11 is 0. The Kier molecular flexibility index (Phi) is 7.19. The molecule has 0 saturated carbocycles. The molecule has 0 spiro atoms. The summed E-state index contributed by atoms with van der Waals surface area (Å²) in [5, 5.41) is 2.45. The first-order valence-electron chi connectivity index (χ1n) is 10.8. The van der Waals surface area contributed by atoms with Crippen molar-refractivity contribution in [1.82, 2.24) is 10.3 Å². The molecule has 2 aliphatic rings. The second-order valence-corrected chi connectivity index (χ2v) is 8.01. The smallest absolute Gasteiger partial charge is 0.401 e. The van der Waals surface area contributed by atoms with Crippen LogP contribution in [0.5, 0.6) is 5.88 Å². The number of carbonyl (C=O) groups excluding carboxylic acids is 2. The molecular weight excluding hydrogens is 516 g/mol. The molecule has 3 heterocycles. The number of ether oxygens (including phenoxy) is 4. The Morgan fingerprint density at radius 2 is 1.65 bits per heavy atom. The number of benzene rings is 1. The number of nitrogens with one attached hydrogen (secondary N) is 1. The molecular formula is C22H19F6N3O6. The molecule has 9 nitrogen and oxygen atoms in total. The van der Waals surface area contributed by atoms with E-state index in [4.69, 9.17) is 9.47 Å². The van der Waals surface area contributed by atoms with Crippen LogP contribution in [0.1, 0.15) is 17.2 Å². The summed E-state index contributed by atoms with van der Waals surface area (Å²) in [5.41, 5.74) is 1.09. The Hall–Kier alpha value is -3.59. The normalized spacial score (nSPS) is 19.7. The number of pyridine rings is 1. The predicted molar refractivity (Wildman–Crippen MR) is 111 cm³/mol. The summed E-state index contributed by atoms with van der Waals surface area (Å²) in [6.45, 7) is -0.212. The standard InChI is InChI=1S/C22H19F6N3O6/c23-21(24,25)18(32)36-20(37-19(33)22(26,27)28)12-29-10-14-6-7-16(30-17(14)35-20)31-8-9-34-15(11-31)13-4-2-1-3-5-13/h1-7,15,29H,8-12H2. The number of halogens is 6. The van der Waals surface area contributed by atoms with Crippen molar-refractivity contribution in [1.29, 1.82) is 0 Å². The quantitative estimate of drug-likeness (QED) is 0.360. The molecule has 1 saturated heterocycles. The first-order chi connectivity index (χ1) is 17.4. The number of morpholine rings is 1. The molecule has 0 amide bonds. The topological polar surface area (TPSA) is 99.2 Å². The lowest BCUT2D eigenvalue weighted by molar-refractivity contribution is -0.331. The number of esters is 2. The van der Waals surface area contributed by atoms with Gasteiger partial charge in [0.05, 0.1) is 6.61 Å². The molecule has 2 aromatic rings. The number of fused-ring (bicyclic) bond motifs is 1. The Morgan fingerprint density at radius 1 is 1.00 bits per heavy atom. The van der Waals surface area contributed by atoms with Crippen LogP contribution in [0.15, 0.2) is 42.5 Å². The van der Waals surface area contributed by atoms with Gasteiger partial charge in [-0.05, 0) is 17.7 Å². The maximum absolute atomic E-state index is 12.9. The summed E-state index contributed by atoms with van der Waals surface area (Å²) < 4.78 is 96.6. The SMILES string of the molecule is O=C(OC1(OC(=O)C(F)(F)F)CNCc2ccc(N3CCOC(c4ccccc4)C3)nc2O1)C(F)(F)F. The van der Waals surface area contributed by atoms with Crippen LogP contribution in [0.3, 0.4) is 0 Å². The van der Waals surface area contributed by atoms with Gasteiger partial charge in [0.1, 0.15) is 18.5 Å². The van der Waals surface area contributed by atoms with Crippen molar-refractivity contribution >= 4 is 17.8 Å². The van der Waals surface area contributed by atoms with Crippen LogP contribution in [0.25, 0.3) is 0 Å². The van der Waals surface area contributed by atoms with Crippen LogP contribution in [0.2, 0.25) is 0 Å². The highest BCUT2D eigenvalue weighted by atomic mass is 19.4. The van der Waals surface area contributed by atoms with Gasteiger partial charge in [-0.25, -0.2) is 9.59 Å². The number of rotatable bonds is 4. The lowest BCUT2D eigenvalue weighted by Gasteiger charge is -2.34. The third-order valence-corrected chi connectivity index (χ3v) is 5.35. The van der Waals surface area contributed by atoms with Crippen molar-refractivity contribution in [2.45, 2.75) is 31.0 Å². The van der Waals surface area contributed by atoms with Crippen LogP contribution in [0, 0.1) is 0 Å². The minimum absolute atomic E-state index is 0.159. The van der Waals surface area contributed by atoms with E-state index in [2.05, 4.69) is 19.8 Å². The predicted octanol–water partition coefficient (Wildman–Crippen LogP) is 3.01. The van der Waals surface area contributed by atoms with E-state index in [1.807, 2.05) is 30.3 Å². The van der Waals surface area contributed by atoms with E-state index in [1.165, 1.54) is 6.07 Å². The molecule has 37 heavy (non-hydrogen) atoms. The molecule has 200 valence electrons. The number of alkyl halides is 6. The average molecular weight is 535 g/mol. The number of hydrogen-bond donors (Lipinski definition) is 1. The van der Waals surface area contributed by atoms with Crippen LogP contribution < -0.4 is 15.0 Å². The fourth-order valence-corrected chi connectivity index (χ4v) is 3.65. The molecule has 1 fully saturated rings. The van der Waals surface area contributed by atoms with Crippen molar-refractivity contribution in [3.63, 3.8) is 0 Å². The monoisotopic (exact) mass is 535 g/mol. The highest BCUT2D eigenvalue weighted by molar-refractivity contribution is 5.78. The number of anilines is 1. The van der Waals surface area contributed by atoms with Gasteiger partial charge in [0.2, 0.25) is 5.88 Å².